The van der Waals surface area contributed by atoms with Gasteiger partial charge in [-0.25, -0.2) is 14.1 Å². The van der Waals surface area contributed by atoms with Crippen molar-refractivity contribution in [2.45, 2.75) is 0 Å². The van der Waals surface area contributed by atoms with Gasteiger partial charge in [-0.15, -0.1) is 11.3 Å². The summed E-state index contributed by atoms with van der Waals surface area (Å²) in [6.45, 7) is 0. The van der Waals surface area contributed by atoms with Gasteiger partial charge in [0.15, 0.2) is 0 Å². The van der Waals surface area contributed by atoms with Gasteiger partial charge in [-0.05, 0) is 36.4 Å². The summed E-state index contributed by atoms with van der Waals surface area (Å²) < 4.78 is 13.8. The number of hydrogen-bond acceptors (Lipinski definition) is 4. The second kappa shape index (κ2) is 5.94. The first kappa shape index (κ1) is 15.4. The number of anilines is 1. The highest BCUT2D eigenvalue weighted by Gasteiger charge is 2.36. The largest absolute Gasteiger partial charge is 0.335 e. The van der Waals surface area contributed by atoms with Crippen LogP contribution in [0.2, 0.25) is 4.34 Å². The van der Waals surface area contributed by atoms with Crippen LogP contribution in [0, 0.1) is 5.82 Å². The molecule has 0 spiro atoms. The monoisotopic (exact) mass is 350 g/mol. The van der Waals surface area contributed by atoms with Crippen LogP contribution in [0.15, 0.2) is 42.0 Å². The zero-order chi connectivity index (χ0) is 16.6. The molecule has 1 fully saturated rings. The van der Waals surface area contributed by atoms with Gasteiger partial charge < -0.3 is 0 Å². The van der Waals surface area contributed by atoms with E-state index in [2.05, 4.69) is 5.32 Å². The second-order valence-electron chi connectivity index (χ2n) is 4.58. The Hall–Kier alpha value is -2.51. The lowest BCUT2D eigenvalue weighted by Crippen LogP contribution is -2.54. The summed E-state index contributed by atoms with van der Waals surface area (Å²) in [6.07, 6.45) is 1.34. The second-order valence-corrected chi connectivity index (χ2v) is 6.33. The van der Waals surface area contributed by atoms with E-state index in [1.54, 1.807) is 12.1 Å². The standard InChI is InChI=1S/C15H8ClFN2O3S/c16-12-5-4-10(23-12)7-11-13(20)18-15(22)19(14(11)21)9-3-1-2-8(17)6-9/h1-7H,(H,18,20,22)/b11-7+. The Morgan fingerprint density at radius 3 is 2.61 bits per heavy atom. The molecule has 8 heteroatoms. The summed E-state index contributed by atoms with van der Waals surface area (Å²) >= 11 is 6.99. The number of urea groups is 1. The Kier molecular flexibility index (Phi) is 3.97. The summed E-state index contributed by atoms with van der Waals surface area (Å²) in [5.74, 6) is -2.23. The first-order valence-corrected chi connectivity index (χ1v) is 7.57. The molecular weight excluding hydrogens is 343 g/mol. The maximum Gasteiger partial charge on any atom is 0.335 e. The molecular formula is C15H8ClFN2O3S. The van der Waals surface area contributed by atoms with Gasteiger partial charge in [0.1, 0.15) is 11.4 Å². The van der Waals surface area contributed by atoms with Crippen molar-refractivity contribution in [1.29, 1.82) is 0 Å². The van der Waals surface area contributed by atoms with Crippen molar-refractivity contribution < 1.29 is 18.8 Å². The molecule has 0 bridgehead atoms. The van der Waals surface area contributed by atoms with Gasteiger partial charge in [0.25, 0.3) is 11.8 Å². The molecule has 0 aliphatic carbocycles. The van der Waals surface area contributed by atoms with Crippen LogP contribution in [-0.4, -0.2) is 17.8 Å². The van der Waals surface area contributed by atoms with E-state index in [1.165, 1.54) is 35.6 Å². The van der Waals surface area contributed by atoms with Crippen molar-refractivity contribution >= 4 is 52.5 Å². The van der Waals surface area contributed by atoms with E-state index in [4.69, 9.17) is 11.6 Å². The topological polar surface area (TPSA) is 66.5 Å². The highest BCUT2D eigenvalue weighted by Crippen LogP contribution is 2.26. The lowest BCUT2D eigenvalue weighted by atomic mass is 10.1. The molecule has 1 aromatic carbocycles. The molecule has 1 saturated heterocycles. The van der Waals surface area contributed by atoms with Gasteiger partial charge in [-0.1, -0.05) is 17.7 Å². The lowest BCUT2D eigenvalue weighted by molar-refractivity contribution is -0.122. The quantitative estimate of drug-likeness (QED) is 0.668. The van der Waals surface area contributed by atoms with E-state index in [1.807, 2.05) is 0 Å². The molecule has 3 rings (SSSR count). The van der Waals surface area contributed by atoms with Crippen molar-refractivity contribution in [3.63, 3.8) is 0 Å². The molecule has 5 nitrogen and oxygen atoms in total. The first-order chi connectivity index (χ1) is 11.0. The molecule has 4 amide bonds. The Morgan fingerprint density at radius 2 is 1.96 bits per heavy atom. The summed E-state index contributed by atoms with van der Waals surface area (Å²) in [5.41, 5.74) is -0.192. The molecule has 0 radical (unpaired) electrons. The number of halogens is 2. The van der Waals surface area contributed by atoms with Crippen LogP contribution in [0.5, 0.6) is 0 Å². The first-order valence-electron chi connectivity index (χ1n) is 6.38. The van der Waals surface area contributed by atoms with Crippen LogP contribution in [0.4, 0.5) is 14.9 Å². The zero-order valence-electron chi connectivity index (χ0n) is 11.4. The van der Waals surface area contributed by atoms with E-state index < -0.39 is 23.7 Å². The number of thiophene rings is 1. The molecule has 0 atom stereocenters. The molecule has 2 heterocycles. The van der Waals surface area contributed by atoms with Crippen LogP contribution in [0.1, 0.15) is 4.88 Å². The molecule has 1 aliphatic heterocycles. The van der Waals surface area contributed by atoms with E-state index in [9.17, 15) is 18.8 Å². The van der Waals surface area contributed by atoms with Crippen LogP contribution in [0.25, 0.3) is 6.08 Å². The van der Waals surface area contributed by atoms with Gasteiger partial charge in [0, 0.05) is 4.88 Å². The Labute approximate surface area is 139 Å². The van der Waals surface area contributed by atoms with Crippen molar-refractivity contribution in [2.75, 3.05) is 4.90 Å². The molecule has 1 aromatic heterocycles. The van der Waals surface area contributed by atoms with Crippen LogP contribution in [0.3, 0.4) is 0 Å². The van der Waals surface area contributed by atoms with E-state index in [0.717, 1.165) is 6.07 Å². The zero-order valence-corrected chi connectivity index (χ0v) is 13.0. The minimum Gasteiger partial charge on any atom is -0.273 e. The average molecular weight is 351 g/mol. The number of carbonyl (C=O) groups excluding carboxylic acids is 3. The summed E-state index contributed by atoms with van der Waals surface area (Å²) in [4.78, 5) is 37.6. The molecule has 1 N–H and O–H groups in total. The molecule has 23 heavy (non-hydrogen) atoms. The fourth-order valence-corrected chi connectivity index (χ4v) is 3.06. The van der Waals surface area contributed by atoms with Crippen molar-refractivity contribution in [3.05, 3.63) is 57.0 Å². The summed E-state index contributed by atoms with van der Waals surface area (Å²) in [5, 5.41) is 2.06. The van der Waals surface area contributed by atoms with Crippen LogP contribution in [-0.2, 0) is 9.59 Å². The number of nitrogens with zero attached hydrogens (tertiary/aromatic N) is 1. The predicted octanol–water partition coefficient (Wildman–Crippen LogP) is 3.21. The average Bonchev–Trinajstić information content (AvgIpc) is 2.89. The number of nitrogens with one attached hydrogen (secondary N) is 1. The minimum atomic E-state index is -0.924. The number of hydrogen-bond donors (Lipinski definition) is 1. The number of imide groups is 2. The number of barbiturate groups is 1. The normalized spacial score (nSPS) is 16.9. The maximum absolute atomic E-state index is 13.3. The lowest BCUT2D eigenvalue weighted by Gasteiger charge is -2.26. The summed E-state index contributed by atoms with van der Waals surface area (Å²) in [6, 6.07) is 7.33. The molecule has 0 saturated carbocycles. The van der Waals surface area contributed by atoms with Crippen molar-refractivity contribution in [2.24, 2.45) is 0 Å². The molecule has 1 aliphatic rings. The third-order valence-electron chi connectivity index (χ3n) is 3.05. The van der Waals surface area contributed by atoms with Crippen molar-refractivity contribution in [3.8, 4) is 0 Å². The highest BCUT2D eigenvalue weighted by molar-refractivity contribution is 7.17. The Morgan fingerprint density at radius 1 is 1.17 bits per heavy atom. The SMILES string of the molecule is O=C1NC(=O)N(c2cccc(F)c2)C(=O)/C1=C/c1ccc(Cl)s1. The smallest absolute Gasteiger partial charge is 0.273 e. The molecule has 0 unspecified atom stereocenters. The van der Waals surface area contributed by atoms with Gasteiger partial charge in [-0.3, -0.25) is 14.9 Å². The molecule has 2 aromatic rings. The van der Waals surface area contributed by atoms with Gasteiger partial charge in [-0.2, -0.15) is 0 Å². The minimum absolute atomic E-state index is 0.0371. The van der Waals surface area contributed by atoms with Gasteiger partial charge >= 0.3 is 6.03 Å². The maximum atomic E-state index is 13.3. The predicted molar refractivity (Wildman–Crippen MR) is 84.7 cm³/mol. The highest BCUT2D eigenvalue weighted by atomic mass is 35.5. The Balaban J connectivity index is 2.02. The third kappa shape index (κ3) is 3.01. The number of amides is 4. The van der Waals surface area contributed by atoms with Crippen LogP contribution >= 0.6 is 22.9 Å². The van der Waals surface area contributed by atoms with E-state index >= 15 is 0 Å². The van der Waals surface area contributed by atoms with Crippen LogP contribution < -0.4 is 10.2 Å². The molecule has 116 valence electrons. The number of rotatable bonds is 2. The third-order valence-corrected chi connectivity index (χ3v) is 4.23. The van der Waals surface area contributed by atoms with E-state index in [0.29, 0.717) is 14.1 Å². The van der Waals surface area contributed by atoms with Gasteiger partial charge in [0.2, 0.25) is 0 Å². The fraction of sp³-hybridized carbons (Fsp3) is 0. The van der Waals surface area contributed by atoms with Gasteiger partial charge in [0.05, 0.1) is 10.0 Å². The number of benzene rings is 1. The van der Waals surface area contributed by atoms with Crippen molar-refractivity contribution in [1.82, 2.24) is 5.32 Å². The van der Waals surface area contributed by atoms with E-state index in [-0.39, 0.29) is 11.3 Å². The fourth-order valence-electron chi connectivity index (χ4n) is 2.06. The summed E-state index contributed by atoms with van der Waals surface area (Å²) in [7, 11) is 0. The number of carbonyl (C=O) groups is 3. The Bertz CT molecular complexity index is 862.